The lowest BCUT2D eigenvalue weighted by atomic mass is 10.2. The number of amides is 1. The number of hydrogen-bond acceptors (Lipinski definition) is 6. The fourth-order valence-corrected chi connectivity index (χ4v) is 4.83. The van der Waals surface area contributed by atoms with E-state index in [0.29, 0.717) is 23.8 Å². The summed E-state index contributed by atoms with van der Waals surface area (Å²) in [5.41, 5.74) is 0.372. The molecule has 0 bridgehead atoms. The highest BCUT2D eigenvalue weighted by molar-refractivity contribution is 7.89. The second-order valence-corrected chi connectivity index (χ2v) is 9.03. The van der Waals surface area contributed by atoms with Crippen molar-refractivity contribution in [1.29, 1.82) is 0 Å². The minimum Gasteiger partial charge on any atom is -0.296 e. The summed E-state index contributed by atoms with van der Waals surface area (Å²) in [6.07, 6.45) is 4.20. The normalized spacial score (nSPS) is 11.7. The van der Waals surface area contributed by atoms with Crippen molar-refractivity contribution >= 4 is 32.4 Å². The Morgan fingerprint density at radius 2 is 1.74 bits per heavy atom. The van der Waals surface area contributed by atoms with Gasteiger partial charge in [0.05, 0.1) is 4.90 Å². The van der Waals surface area contributed by atoms with E-state index in [1.54, 1.807) is 13.8 Å². The van der Waals surface area contributed by atoms with E-state index in [2.05, 4.69) is 22.4 Å². The van der Waals surface area contributed by atoms with E-state index >= 15 is 0 Å². The number of nitrogens with one attached hydrogen (secondary N) is 1. The molecule has 2 aromatic rings. The summed E-state index contributed by atoms with van der Waals surface area (Å²) in [4.78, 5) is 12.5. The fourth-order valence-electron chi connectivity index (χ4n) is 2.59. The predicted octanol–water partition coefficient (Wildman–Crippen LogP) is 3.55. The summed E-state index contributed by atoms with van der Waals surface area (Å²) in [6, 6.07) is 5.93. The number of sulfonamides is 1. The number of carbonyl (C=O) groups excluding carboxylic acids is 1. The van der Waals surface area contributed by atoms with Crippen LogP contribution in [0.25, 0.3) is 0 Å². The van der Waals surface area contributed by atoms with Gasteiger partial charge in [-0.2, -0.15) is 4.31 Å². The molecule has 1 N–H and O–H groups in total. The lowest BCUT2D eigenvalue weighted by Gasteiger charge is -2.18. The number of aromatic nitrogens is 2. The van der Waals surface area contributed by atoms with Crippen molar-refractivity contribution in [3.63, 3.8) is 0 Å². The Kier molecular flexibility index (Phi) is 7.88. The van der Waals surface area contributed by atoms with Gasteiger partial charge in [0.1, 0.15) is 5.01 Å². The average molecular weight is 411 g/mol. The first-order valence-corrected chi connectivity index (χ1v) is 11.4. The van der Waals surface area contributed by atoms with Gasteiger partial charge in [-0.1, -0.05) is 44.9 Å². The zero-order chi connectivity index (χ0) is 19.9. The van der Waals surface area contributed by atoms with Crippen molar-refractivity contribution in [2.24, 2.45) is 0 Å². The first-order chi connectivity index (χ1) is 12.9. The lowest BCUT2D eigenvalue weighted by Crippen LogP contribution is -2.30. The number of carbonyl (C=O) groups is 1. The third-order valence-electron chi connectivity index (χ3n) is 4.14. The molecule has 148 valence electrons. The molecule has 0 unspecified atom stereocenters. The van der Waals surface area contributed by atoms with Gasteiger partial charge < -0.3 is 0 Å². The van der Waals surface area contributed by atoms with Gasteiger partial charge in [-0.05, 0) is 30.7 Å². The van der Waals surface area contributed by atoms with Crippen LogP contribution >= 0.6 is 11.3 Å². The molecule has 9 heteroatoms. The molecule has 2 rings (SSSR count). The van der Waals surface area contributed by atoms with E-state index in [1.165, 1.54) is 39.9 Å². The van der Waals surface area contributed by atoms with Gasteiger partial charge >= 0.3 is 0 Å². The Hall–Kier alpha value is -1.84. The molecule has 1 amide bonds. The molecule has 0 aliphatic carbocycles. The molecular weight excluding hydrogens is 384 g/mol. The number of rotatable bonds is 10. The Bertz CT molecular complexity index is 844. The average Bonchev–Trinajstić information content (AvgIpc) is 3.10. The molecule has 0 radical (unpaired) electrons. The minimum atomic E-state index is -3.53. The highest BCUT2D eigenvalue weighted by Crippen LogP contribution is 2.20. The first-order valence-electron chi connectivity index (χ1n) is 9.16. The zero-order valence-electron chi connectivity index (χ0n) is 15.9. The number of unbranched alkanes of at least 4 members (excludes halogenated alkanes) is 2. The smallest absolute Gasteiger partial charge is 0.257 e. The van der Waals surface area contributed by atoms with Gasteiger partial charge in [-0.25, -0.2) is 8.42 Å². The first kappa shape index (κ1) is 21.5. The maximum Gasteiger partial charge on any atom is 0.257 e. The third-order valence-corrected chi connectivity index (χ3v) is 7.10. The van der Waals surface area contributed by atoms with Crippen molar-refractivity contribution in [3.8, 4) is 0 Å². The number of anilines is 1. The summed E-state index contributed by atoms with van der Waals surface area (Å²) in [7, 11) is -3.53. The van der Waals surface area contributed by atoms with Crippen LogP contribution in [0.3, 0.4) is 0 Å². The van der Waals surface area contributed by atoms with Gasteiger partial charge in [-0.3, -0.25) is 10.1 Å². The Morgan fingerprint density at radius 3 is 2.33 bits per heavy atom. The van der Waals surface area contributed by atoms with Crippen molar-refractivity contribution in [1.82, 2.24) is 14.5 Å². The Balaban J connectivity index is 2.03. The number of benzene rings is 1. The summed E-state index contributed by atoms with van der Waals surface area (Å²) in [5, 5.41) is 12.2. The Morgan fingerprint density at radius 1 is 1.07 bits per heavy atom. The number of hydrogen-bond donors (Lipinski definition) is 1. The van der Waals surface area contributed by atoms with Crippen LogP contribution < -0.4 is 5.32 Å². The van der Waals surface area contributed by atoms with Crippen molar-refractivity contribution in [3.05, 3.63) is 34.8 Å². The molecule has 0 aliphatic rings. The minimum absolute atomic E-state index is 0.178. The van der Waals surface area contributed by atoms with E-state index < -0.39 is 10.0 Å². The van der Waals surface area contributed by atoms with E-state index in [0.717, 1.165) is 30.7 Å². The molecule has 0 spiro atoms. The summed E-state index contributed by atoms with van der Waals surface area (Å²) in [6.45, 7) is 6.53. The highest BCUT2D eigenvalue weighted by Gasteiger charge is 2.21. The Labute approximate surface area is 164 Å². The van der Waals surface area contributed by atoms with Crippen LogP contribution in [0.1, 0.15) is 55.4 Å². The van der Waals surface area contributed by atoms with Crippen LogP contribution in [-0.2, 0) is 16.4 Å². The van der Waals surface area contributed by atoms with Gasteiger partial charge in [0.2, 0.25) is 15.2 Å². The number of aryl methyl sites for hydroxylation is 1. The standard InChI is InChI=1S/C18H26N4O3S2/c1-4-7-8-9-16-20-21-18(26-16)19-17(23)14-10-12-15(13-11-14)27(24,25)22(5-2)6-3/h10-13H,4-9H2,1-3H3,(H,19,21,23). The topological polar surface area (TPSA) is 92.3 Å². The van der Waals surface area contributed by atoms with E-state index in [-0.39, 0.29) is 10.8 Å². The van der Waals surface area contributed by atoms with Crippen LogP contribution in [-0.4, -0.2) is 41.9 Å². The van der Waals surface area contributed by atoms with Crippen LogP contribution in [0, 0.1) is 0 Å². The lowest BCUT2D eigenvalue weighted by molar-refractivity contribution is 0.102. The van der Waals surface area contributed by atoms with Crippen molar-refractivity contribution in [2.45, 2.75) is 51.3 Å². The quantitative estimate of drug-likeness (QED) is 0.605. The highest BCUT2D eigenvalue weighted by atomic mass is 32.2. The largest absolute Gasteiger partial charge is 0.296 e. The molecule has 1 aromatic carbocycles. The van der Waals surface area contributed by atoms with E-state index in [1.807, 2.05) is 0 Å². The molecule has 0 saturated heterocycles. The molecule has 0 aliphatic heterocycles. The molecule has 0 atom stereocenters. The van der Waals surface area contributed by atoms with Crippen molar-refractivity contribution in [2.75, 3.05) is 18.4 Å². The van der Waals surface area contributed by atoms with Gasteiger partial charge in [0.15, 0.2) is 0 Å². The van der Waals surface area contributed by atoms with Crippen molar-refractivity contribution < 1.29 is 13.2 Å². The van der Waals surface area contributed by atoms with Gasteiger partial charge in [0.25, 0.3) is 5.91 Å². The van der Waals surface area contributed by atoms with E-state index in [4.69, 9.17) is 0 Å². The summed E-state index contributed by atoms with van der Waals surface area (Å²) in [5.74, 6) is -0.335. The van der Waals surface area contributed by atoms with E-state index in [9.17, 15) is 13.2 Å². The van der Waals surface area contributed by atoms with Gasteiger partial charge in [0, 0.05) is 25.1 Å². The van der Waals surface area contributed by atoms with Crippen LogP contribution in [0.4, 0.5) is 5.13 Å². The molecule has 0 fully saturated rings. The maximum absolute atomic E-state index is 12.5. The fraction of sp³-hybridized carbons (Fsp3) is 0.500. The second-order valence-electron chi connectivity index (χ2n) is 6.03. The monoisotopic (exact) mass is 410 g/mol. The molecule has 1 aromatic heterocycles. The molecule has 7 nitrogen and oxygen atoms in total. The summed E-state index contributed by atoms with van der Waals surface area (Å²) >= 11 is 1.37. The zero-order valence-corrected chi connectivity index (χ0v) is 17.6. The van der Waals surface area contributed by atoms with Crippen LogP contribution in [0.5, 0.6) is 0 Å². The molecule has 0 saturated carbocycles. The molecule has 1 heterocycles. The number of nitrogens with zero attached hydrogens (tertiary/aromatic N) is 3. The molecular formula is C18H26N4O3S2. The van der Waals surface area contributed by atoms with Crippen LogP contribution in [0.2, 0.25) is 0 Å². The summed E-state index contributed by atoms with van der Waals surface area (Å²) < 4.78 is 26.4. The second kappa shape index (κ2) is 9.91. The third kappa shape index (κ3) is 5.57. The predicted molar refractivity (Wildman–Crippen MR) is 108 cm³/mol. The maximum atomic E-state index is 12.5. The SMILES string of the molecule is CCCCCc1nnc(NC(=O)c2ccc(S(=O)(=O)N(CC)CC)cc2)s1. The van der Waals surface area contributed by atoms with Crippen LogP contribution in [0.15, 0.2) is 29.2 Å². The van der Waals surface area contributed by atoms with Gasteiger partial charge in [-0.15, -0.1) is 10.2 Å². The molecule has 27 heavy (non-hydrogen) atoms.